The van der Waals surface area contributed by atoms with E-state index >= 15 is 0 Å². The number of rotatable bonds is 6. The topological polar surface area (TPSA) is 82.1 Å². The number of aryl methyl sites for hydroxylation is 1. The van der Waals surface area contributed by atoms with Gasteiger partial charge in [0.15, 0.2) is 11.5 Å². The van der Waals surface area contributed by atoms with Gasteiger partial charge in [-0.2, -0.15) is 0 Å². The summed E-state index contributed by atoms with van der Waals surface area (Å²) >= 11 is 6.18. The molecule has 0 atom stereocenters. The highest BCUT2D eigenvalue weighted by atomic mass is 35.5. The molecule has 0 spiro atoms. The highest BCUT2D eigenvalue weighted by Crippen LogP contribution is 2.38. The van der Waals surface area contributed by atoms with Gasteiger partial charge in [-0.05, 0) is 43.2 Å². The second-order valence-corrected chi connectivity index (χ2v) is 7.58. The van der Waals surface area contributed by atoms with Gasteiger partial charge in [-0.3, -0.25) is 19.3 Å². The van der Waals surface area contributed by atoms with E-state index in [0.29, 0.717) is 52.8 Å². The number of nitrogens with zero attached hydrogens (tertiary/aromatic N) is 1. The van der Waals surface area contributed by atoms with Crippen LogP contribution >= 0.6 is 11.6 Å². The molecule has 156 valence electrons. The lowest BCUT2D eigenvalue weighted by molar-refractivity contribution is -0.145. The van der Waals surface area contributed by atoms with Crippen LogP contribution in [0.3, 0.4) is 0 Å². The fourth-order valence-corrected chi connectivity index (χ4v) is 3.76. The number of carbonyl (C=O) groups excluding carboxylic acids is 3. The van der Waals surface area contributed by atoms with Crippen molar-refractivity contribution in [3.05, 3.63) is 57.6 Å². The average molecular weight is 430 g/mol. The largest absolute Gasteiger partial charge is 0.486 e. The number of halogens is 1. The van der Waals surface area contributed by atoms with E-state index in [1.54, 1.807) is 30.3 Å². The summed E-state index contributed by atoms with van der Waals surface area (Å²) in [6.07, 6.45) is 0.413. The van der Waals surface area contributed by atoms with Gasteiger partial charge in [-0.1, -0.05) is 23.2 Å². The fraction of sp³-hybridized carbons (Fsp3) is 0.318. The van der Waals surface area contributed by atoms with Crippen molar-refractivity contribution in [2.24, 2.45) is 0 Å². The summed E-state index contributed by atoms with van der Waals surface area (Å²) in [4.78, 5) is 38.1. The lowest BCUT2D eigenvalue weighted by Gasteiger charge is -2.20. The van der Waals surface area contributed by atoms with Gasteiger partial charge in [0.05, 0.1) is 16.1 Å². The Bertz CT molecular complexity index is 1030. The maximum absolute atomic E-state index is 12.4. The SMILES string of the molecule is Cc1ccc2c(c1)C(=O)N(CCCC(=O)OCc1cc(Cl)c3c(c1)OCCO3)C2=O. The lowest BCUT2D eigenvalue weighted by Crippen LogP contribution is -2.31. The third kappa shape index (κ3) is 3.98. The Morgan fingerprint density at radius 2 is 1.87 bits per heavy atom. The Hall–Kier alpha value is -3.06. The molecule has 8 heteroatoms. The van der Waals surface area contributed by atoms with E-state index in [0.717, 1.165) is 5.56 Å². The molecule has 0 bridgehead atoms. The molecule has 2 aliphatic heterocycles. The minimum absolute atomic E-state index is 0.0431. The number of ether oxygens (including phenoxy) is 3. The van der Waals surface area contributed by atoms with Crippen molar-refractivity contribution in [3.63, 3.8) is 0 Å². The number of imide groups is 1. The van der Waals surface area contributed by atoms with E-state index in [2.05, 4.69) is 0 Å². The number of fused-ring (bicyclic) bond motifs is 2. The van der Waals surface area contributed by atoms with Crippen LogP contribution in [0.4, 0.5) is 0 Å². The minimum atomic E-state index is -0.423. The van der Waals surface area contributed by atoms with E-state index in [9.17, 15) is 14.4 Å². The summed E-state index contributed by atoms with van der Waals surface area (Å²) in [5, 5.41) is 0.402. The first kappa shape index (κ1) is 20.2. The number of amides is 2. The first-order valence-electron chi connectivity index (χ1n) is 9.64. The molecular formula is C22H20ClNO6. The van der Waals surface area contributed by atoms with Crippen LogP contribution in [0.25, 0.3) is 0 Å². The normalized spacial score (nSPS) is 14.7. The van der Waals surface area contributed by atoms with Crippen LogP contribution in [0.15, 0.2) is 30.3 Å². The van der Waals surface area contributed by atoms with Gasteiger partial charge >= 0.3 is 5.97 Å². The van der Waals surface area contributed by atoms with Gasteiger partial charge < -0.3 is 14.2 Å². The Labute approximate surface area is 178 Å². The quantitative estimate of drug-likeness (QED) is 0.516. The highest BCUT2D eigenvalue weighted by Gasteiger charge is 2.35. The molecule has 0 saturated carbocycles. The number of benzene rings is 2. The second kappa shape index (κ2) is 8.36. The molecule has 2 aliphatic rings. The summed E-state index contributed by atoms with van der Waals surface area (Å²) < 4.78 is 16.3. The summed E-state index contributed by atoms with van der Waals surface area (Å²) in [7, 11) is 0. The van der Waals surface area contributed by atoms with E-state index in [1.807, 2.05) is 6.92 Å². The maximum atomic E-state index is 12.4. The van der Waals surface area contributed by atoms with Gasteiger partial charge in [0, 0.05) is 13.0 Å². The van der Waals surface area contributed by atoms with Crippen LogP contribution in [-0.4, -0.2) is 42.4 Å². The summed E-state index contributed by atoms with van der Waals surface area (Å²) in [6.45, 7) is 2.95. The molecule has 0 aromatic heterocycles. The zero-order chi connectivity index (χ0) is 21.3. The van der Waals surface area contributed by atoms with Crippen LogP contribution in [0.2, 0.25) is 5.02 Å². The van der Waals surface area contributed by atoms with E-state index in [1.165, 1.54) is 4.90 Å². The molecular weight excluding hydrogens is 410 g/mol. The molecule has 2 aromatic carbocycles. The molecule has 30 heavy (non-hydrogen) atoms. The minimum Gasteiger partial charge on any atom is -0.486 e. The highest BCUT2D eigenvalue weighted by molar-refractivity contribution is 6.32. The van der Waals surface area contributed by atoms with Crippen molar-refractivity contribution < 1.29 is 28.6 Å². The molecule has 0 unspecified atom stereocenters. The standard InChI is InChI=1S/C22H20ClNO6/c1-13-4-5-15-16(9-13)22(27)24(21(15)26)6-2-3-19(25)30-12-14-10-17(23)20-18(11-14)28-7-8-29-20/h4-5,9-11H,2-3,6-8,12H2,1H3. The van der Waals surface area contributed by atoms with Gasteiger partial charge in [-0.15, -0.1) is 0 Å². The predicted octanol–water partition coefficient (Wildman–Crippen LogP) is 3.54. The summed E-state index contributed by atoms with van der Waals surface area (Å²) in [5.41, 5.74) is 2.43. The van der Waals surface area contributed by atoms with E-state index < -0.39 is 5.97 Å². The number of carbonyl (C=O) groups is 3. The second-order valence-electron chi connectivity index (χ2n) is 7.18. The molecule has 2 aromatic rings. The van der Waals surface area contributed by atoms with Gasteiger partial charge in [0.1, 0.15) is 19.8 Å². The summed E-state index contributed by atoms with van der Waals surface area (Å²) in [6, 6.07) is 8.58. The van der Waals surface area contributed by atoms with Crippen molar-refractivity contribution in [2.45, 2.75) is 26.4 Å². The molecule has 0 fully saturated rings. The van der Waals surface area contributed by atoms with Gasteiger partial charge in [0.25, 0.3) is 11.8 Å². The molecule has 2 amide bonds. The van der Waals surface area contributed by atoms with Crippen LogP contribution in [0.1, 0.15) is 44.7 Å². The molecule has 2 heterocycles. The van der Waals surface area contributed by atoms with Crippen molar-refractivity contribution >= 4 is 29.4 Å². The van der Waals surface area contributed by atoms with E-state index in [-0.39, 0.29) is 31.4 Å². The van der Waals surface area contributed by atoms with Crippen LogP contribution in [-0.2, 0) is 16.1 Å². The first-order valence-corrected chi connectivity index (χ1v) is 10.0. The van der Waals surface area contributed by atoms with Crippen molar-refractivity contribution in [1.29, 1.82) is 0 Å². The molecule has 0 saturated heterocycles. The summed E-state index contributed by atoms with van der Waals surface area (Å²) in [5.74, 6) is -0.0458. The molecule has 7 nitrogen and oxygen atoms in total. The third-order valence-corrected chi connectivity index (χ3v) is 5.23. The van der Waals surface area contributed by atoms with E-state index in [4.69, 9.17) is 25.8 Å². The molecule has 4 rings (SSSR count). The van der Waals surface area contributed by atoms with Gasteiger partial charge in [0.2, 0.25) is 0 Å². The zero-order valence-electron chi connectivity index (χ0n) is 16.4. The van der Waals surface area contributed by atoms with Crippen LogP contribution in [0, 0.1) is 6.92 Å². The fourth-order valence-electron chi connectivity index (χ4n) is 3.47. The Balaban J connectivity index is 1.28. The lowest BCUT2D eigenvalue weighted by atomic mass is 10.1. The Kier molecular flexibility index (Phi) is 5.63. The molecule has 0 radical (unpaired) electrons. The number of hydrogen-bond acceptors (Lipinski definition) is 6. The Morgan fingerprint density at radius 3 is 2.70 bits per heavy atom. The maximum Gasteiger partial charge on any atom is 0.306 e. The predicted molar refractivity (Wildman–Crippen MR) is 108 cm³/mol. The molecule has 0 N–H and O–H groups in total. The van der Waals surface area contributed by atoms with Crippen LogP contribution in [0.5, 0.6) is 11.5 Å². The average Bonchev–Trinajstić information content (AvgIpc) is 2.96. The molecule has 0 aliphatic carbocycles. The number of hydrogen-bond donors (Lipinski definition) is 0. The van der Waals surface area contributed by atoms with Crippen LogP contribution < -0.4 is 9.47 Å². The van der Waals surface area contributed by atoms with Crippen molar-refractivity contribution in [2.75, 3.05) is 19.8 Å². The smallest absolute Gasteiger partial charge is 0.306 e. The van der Waals surface area contributed by atoms with Gasteiger partial charge in [-0.25, -0.2) is 0 Å². The third-order valence-electron chi connectivity index (χ3n) is 4.95. The van der Waals surface area contributed by atoms with Crippen molar-refractivity contribution in [3.8, 4) is 11.5 Å². The monoisotopic (exact) mass is 429 g/mol. The first-order chi connectivity index (χ1) is 14.4. The Morgan fingerprint density at radius 1 is 1.10 bits per heavy atom. The number of esters is 1. The zero-order valence-corrected chi connectivity index (χ0v) is 17.2. The van der Waals surface area contributed by atoms with Crippen molar-refractivity contribution in [1.82, 2.24) is 4.90 Å².